The minimum absolute atomic E-state index is 0.517. The first kappa shape index (κ1) is 8.82. The molecule has 74 valence electrons. The average molecular weight is 233 g/mol. The number of thiophene rings is 1. The molecule has 0 aliphatic heterocycles. The molecule has 0 amide bonds. The fourth-order valence-electron chi connectivity index (χ4n) is 1.54. The van der Waals surface area contributed by atoms with Crippen LogP contribution in [0.2, 0.25) is 0 Å². The quantitative estimate of drug-likeness (QED) is 0.703. The zero-order chi connectivity index (χ0) is 10.3. The molecule has 3 nitrogen and oxygen atoms in total. The standard InChI is InChI=1S/C10H7N3S2/c11-10-9(12-15-13-10)7-5-14-8-4-2-1-3-6(7)8/h1-5H,(H2,11,13). The van der Waals surface area contributed by atoms with Crippen LogP contribution in [-0.2, 0) is 0 Å². The number of nitrogen functional groups attached to an aromatic ring is 1. The minimum Gasteiger partial charge on any atom is -0.381 e. The van der Waals surface area contributed by atoms with E-state index in [9.17, 15) is 0 Å². The van der Waals surface area contributed by atoms with Gasteiger partial charge in [0.2, 0.25) is 0 Å². The summed E-state index contributed by atoms with van der Waals surface area (Å²) in [4.78, 5) is 0. The molecule has 0 saturated carbocycles. The van der Waals surface area contributed by atoms with Gasteiger partial charge in [0, 0.05) is 21.0 Å². The third kappa shape index (κ3) is 1.32. The Hall–Kier alpha value is -1.46. The lowest BCUT2D eigenvalue weighted by molar-refractivity contribution is 1.52. The highest BCUT2D eigenvalue weighted by molar-refractivity contribution is 7.17. The lowest BCUT2D eigenvalue weighted by Crippen LogP contribution is -1.87. The maximum atomic E-state index is 5.76. The maximum Gasteiger partial charge on any atom is 0.165 e. The van der Waals surface area contributed by atoms with E-state index in [-0.39, 0.29) is 0 Å². The number of benzene rings is 1. The molecule has 2 N–H and O–H groups in total. The van der Waals surface area contributed by atoms with Crippen molar-refractivity contribution < 1.29 is 0 Å². The van der Waals surface area contributed by atoms with Gasteiger partial charge in [0.15, 0.2) is 5.82 Å². The smallest absolute Gasteiger partial charge is 0.165 e. The van der Waals surface area contributed by atoms with Crippen LogP contribution in [0.3, 0.4) is 0 Å². The number of aromatic nitrogens is 2. The molecule has 3 aromatic rings. The van der Waals surface area contributed by atoms with Crippen molar-refractivity contribution in [1.29, 1.82) is 0 Å². The van der Waals surface area contributed by atoms with Gasteiger partial charge in [-0.05, 0) is 6.07 Å². The molecule has 0 aliphatic rings. The van der Waals surface area contributed by atoms with Crippen molar-refractivity contribution in [3.8, 4) is 11.3 Å². The van der Waals surface area contributed by atoms with E-state index < -0.39 is 0 Å². The molecule has 0 saturated heterocycles. The molecular weight excluding hydrogens is 226 g/mol. The Morgan fingerprint density at radius 2 is 2.00 bits per heavy atom. The van der Waals surface area contributed by atoms with Crippen LogP contribution in [-0.4, -0.2) is 8.75 Å². The van der Waals surface area contributed by atoms with Gasteiger partial charge in [0.1, 0.15) is 5.69 Å². The summed E-state index contributed by atoms with van der Waals surface area (Å²) in [6, 6.07) is 8.24. The van der Waals surface area contributed by atoms with E-state index in [2.05, 4.69) is 26.3 Å². The number of nitrogens with zero attached hydrogens (tertiary/aromatic N) is 2. The summed E-state index contributed by atoms with van der Waals surface area (Å²) in [6.07, 6.45) is 0. The zero-order valence-electron chi connectivity index (χ0n) is 7.68. The zero-order valence-corrected chi connectivity index (χ0v) is 9.31. The van der Waals surface area contributed by atoms with Crippen molar-refractivity contribution >= 4 is 39.0 Å². The Kier molecular flexibility index (Phi) is 1.93. The predicted molar refractivity (Wildman–Crippen MR) is 65.1 cm³/mol. The summed E-state index contributed by atoms with van der Waals surface area (Å²) < 4.78 is 9.46. The van der Waals surface area contributed by atoms with Crippen LogP contribution < -0.4 is 5.73 Å². The minimum atomic E-state index is 0.517. The van der Waals surface area contributed by atoms with E-state index in [0.717, 1.165) is 23.0 Å². The van der Waals surface area contributed by atoms with Crippen LogP contribution in [0.4, 0.5) is 5.82 Å². The number of nitrogens with two attached hydrogens (primary N) is 1. The monoisotopic (exact) mass is 233 g/mol. The van der Waals surface area contributed by atoms with E-state index in [1.807, 2.05) is 12.1 Å². The summed E-state index contributed by atoms with van der Waals surface area (Å²) in [5, 5.41) is 3.28. The van der Waals surface area contributed by atoms with Crippen LogP contribution in [0.25, 0.3) is 21.3 Å². The second-order valence-electron chi connectivity index (χ2n) is 3.14. The molecule has 2 heterocycles. The topological polar surface area (TPSA) is 51.8 Å². The van der Waals surface area contributed by atoms with E-state index in [0.29, 0.717) is 5.82 Å². The summed E-state index contributed by atoms with van der Waals surface area (Å²) >= 11 is 2.85. The summed E-state index contributed by atoms with van der Waals surface area (Å²) in [6.45, 7) is 0. The molecule has 0 spiro atoms. The lowest BCUT2D eigenvalue weighted by atomic mass is 10.1. The SMILES string of the molecule is Nc1nsnc1-c1csc2ccccc12. The van der Waals surface area contributed by atoms with Gasteiger partial charge in [0.25, 0.3) is 0 Å². The number of anilines is 1. The fraction of sp³-hybridized carbons (Fsp3) is 0. The first-order valence-electron chi connectivity index (χ1n) is 4.41. The normalized spacial score (nSPS) is 10.9. The van der Waals surface area contributed by atoms with Crippen LogP contribution in [0.15, 0.2) is 29.6 Å². The highest BCUT2D eigenvalue weighted by Gasteiger charge is 2.11. The second-order valence-corrected chi connectivity index (χ2v) is 4.58. The van der Waals surface area contributed by atoms with Gasteiger partial charge in [-0.15, -0.1) is 11.3 Å². The molecule has 0 fully saturated rings. The van der Waals surface area contributed by atoms with Gasteiger partial charge in [0.05, 0.1) is 11.7 Å². The van der Waals surface area contributed by atoms with Crippen molar-refractivity contribution in [2.75, 3.05) is 5.73 Å². The van der Waals surface area contributed by atoms with E-state index >= 15 is 0 Å². The van der Waals surface area contributed by atoms with Crippen LogP contribution >= 0.6 is 23.1 Å². The summed E-state index contributed by atoms with van der Waals surface area (Å²) in [5.41, 5.74) is 7.65. The summed E-state index contributed by atoms with van der Waals surface area (Å²) in [7, 11) is 0. The van der Waals surface area contributed by atoms with Crippen molar-refractivity contribution in [2.45, 2.75) is 0 Å². The third-order valence-corrected chi connectivity index (χ3v) is 3.76. The molecule has 5 heteroatoms. The fourth-order valence-corrected chi connectivity index (χ4v) is 2.98. The molecule has 15 heavy (non-hydrogen) atoms. The Balaban J connectivity index is 2.32. The first-order valence-corrected chi connectivity index (χ1v) is 6.02. The molecule has 0 unspecified atom stereocenters. The molecule has 0 aliphatic carbocycles. The molecule has 1 aromatic carbocycles. The van der Waals surface area contributed by atoms with Crippen LogP contribution in [0, 0.1) is 0 Å². The van der Waals surface area contributed by atoms with Crippen molar-refractivity contribution in [2.24, 2.45) is 0 Å². The van der Waals surface area contributed by atoms with E-state index in [1.165, 1.54) is 10.1 Å². The van der Waals surface area contributed by atoms with E-state index in [1.54, 1.807) is 11.3 Å². The van der Waals surface area contributed by atoms with Crippen LogP contribution in [0.1, 0.15) is 0 Å². The van der Waals surface area contributed by atoms with Gasteiger partial charge in [-0.1, -0.05) is 18.2 Å². The Morgan fingerprint density at radius 3 is 2.80 bits per heavy atom. The number of rotatable bonds is 1. The molecule has 3 rings (SSSR count). The van der Waals surface area contributed by atoms with Gasteiger partial charge in [-0.2, -0.15) is 8.75 Å². The maximum absolute atomic E-state index is 5.76. The average Bonchev–Trinajstić information content (AvgIpc) is 2.83. The van der Waals surface area contributed by atoms with Crippen LogP contribution in [0.5, 0.6) is 0 Å². The Bertz CT molecular complexity index is 612. The molecular formula is C10H7N3S2. The van der Waals surface area contributed by atoms with Crippen molar-refractivity contribution in [1.82, 2.24) is 8.75 Å². The largest absolute Gasteiger partial charge is 0.381 e. The predicted octanol–water partition coefficient (Wildman–Crippen LogP) is 3.00. The van der Waals surface area contributed by atoms with Gasteiger partial charge in [-0.25, -0.2) is 0 Å². The first-order chi connectivity index (χ1) is 7.36. The number of hydrogen-bond donors (Lipinski definition) is 1. The molecule has 0 radical (unpaired) electrons. The Labute approximate surface area is 94.5 Å². The van der Waals surface area contributed by atoms with Gasteiger partial charge in [-0.3, -0.25) is 0 Å². The van der Waals surface area contributed by atoms with Crippen molar-refractivity contribution in [3.63, 3.8) is 0 Å². The van der Waals surface area contributed by atoms with Crippen molar-refractivity contribution in [3.05, 3.63) is 29.6 Å². The highest BCUT2D eigenvalue weighted by atomic mass is 32.1. The molecule has 0 atom stereocenters. The lowest BCUT2D eigenvalue weighted by Gasteiger charge is -1.94. The van der Waals surface area contributed by atoms with E-state index in [4.69, 9.17) is 5.73 Å². The summed E-state index contributed by atoms with van der Waals surface area (Å²) in [5.74, 6) is 0.517. The second kappa shape index (κ2) is 3.29. The molecule has 0 bridgehead atoms. The Morgan fingerprint density at radius 1 is 1.13 bits per heavy atom. The number of fused-ring (bicyclic) bond motifs is 1. The van der Waals surface area contributed by atoms with Gasteiger partial charge < -0.3 is 5.73 Å². The highest BCUT2D eigenvalue weighted by Crippen LogP contribution is 2.35. The third-order valence-electron chi connectivity index (χ3n) is 2.25. The number of hydrogen-bond acceptors (Lipinski definition) is 5. The molecule has 2 aromatic heterocycles. The van der Waals surface area contributed by atoms with Gasteiger partial charge >= 0.3 is 0 Å².